The summed E-state index contributed by atoms with van der Waals surface area (Å²) >= 11 is 5.42. The van der Waals surface area contributed by atoms with Crippen LogP contribution in [-0.2, 0) is 0 Å². The topological polar surface area (TPSA) is 12.0 Å². The van der Waals surface area contributed by atoms with Crippen molar-refractivity contribution in [1.82, 2.24) is 5.32 Å². The summed E-state index contributed by atoms with van der Waals surface area (Å²) in [5.41, 5.74) is 0.450. The van der Waals surface area contributed by atoms with Gasteiger partial charge in [-0.15, -0.1) is 11.3 Å². The SMILES string of the molecule is CCCNC(CCCC(C)(C)C)c1ccc(Br)s1. The third kappa shape index (κ3) is 6.35. The summed E-state index contributed by atoms with van der Waals surface area (Å²) in [7, 11) is 0. The van der Waals surface area contributed by atoms with Gasteiger partial charge >= 0.3 is 0 Å². The van der Waals surface area contributed by atoms with Crippen LogP contribution in [0, 0.1) is 5.41 Å². The molecule has 1 rings (SSSR count). The first-order valence-corrected chi connectivity index (χ1v) is 8.52. The Kier molecular flexibility index (Phi) is 6.89. The molecule has 18 heavy (non-hydrogen) atoms. The molecule has 0 aromatic carbocycles. The van der Waals surface area contributed by atoms with Gasteiger partial charge in [0.05, 0.1) is 3.79 Å². The Balaban J connectivity index is 2.51. The fourth-order valence-corrected chi connectivity index (χ4v) is 3.55. The minimum Gasteiger partial charge on any atom is -0.309 e. The van der Waals surface area contributed by atoms with Gasteiger partial charge in [0.2, 0.25) is 0 Å². The largest absolute Gasteiger partial charge is 0.309 e. The van der Waals surface area contributed by atoms with E-state index < -0.39 is 0 Å². The van der Waals surface area contributed by atoms with Crippen molar-refractivity contribution in [3.63, 3.8) is 0 Å². The first kappa shape index (κ1) is 16.2. The van der Waals surface area contributed by atoms with Gasteiger partial charge in [0.25, 0.3) is 0 Å². The molecule has 1 aromatic heterocycles. The zero-order valence-corrected chi connectivity index (χ0v) is 14.5. The zero-order chi connectivity index (χ0) is 13.6. The summed E-state index contributed by atoms with van der Waals surface area (Å²) in [6, 6.07) is 4.94. The normalized spacial score (nSPS) is 13.8. The maximum absolute atomic E-state index is 3.67. The minimum atomic E-state index is 0.450. The monoisotopic (exact) mass is 331 g/mol. The van der Waals surface area contributed by atoms with Gasteiger partial charge in [-0.05, 0) is 59.3 Å². The van der Waals surface area contributed by atoms with Crippen molar-refractivity contribution < 1.29 is 0 Å². The molecule has 1 N–H and O–H groups in total. The third-order valence-electron chi connectivity index (χ3n) is 3.00. The third-order valence-corrected chi connectivity index (χ3v) is 4.74. The molecule has 1 atom stereocenters. The van der Waals surface area contributed by atoms with Crippen LogP contribution in [0.3, 0.4) is 0 Å². The predicted molar refractivity (Wildman–Crippen MR) is 86.4 cm³/mol. The Labute approximate surface area is 125 Å². The maximum Gasteiger partial charge on any atom is 0.0701 e. The number of thiophene rings is 1. The van der Waals surface area contributed by atoms with Crippen LogP contribution in [0.5, 0.6) is 0 Å². The molecule has 0 fully saturated rings. The fourth-order valence-electron chi connectivity index (χ4n) is 2.02. The van der Waals surface area contributed by atoms with Crippen molar-refractivity contribution in [1.29, 1.82) is 0 Å². The van der Waals surface area contributed by atoms with E-state index in [0.717, 1.165) is 6.54 Å². The minimum absolute atomic E-state index is 0.450. The van der Waals surface area contributed by atoms with Crippen LogP contribution < -0.4 is 5.32 Å². The van der Waals surface area contributed by atoms with E-state index in [1.54, 1.807) is 0 Å². The standard InChI is InChI=1S/C15H26BrNS/c1-5-11-17-12(7-6-10-15(2,3)4)13-8-9-14(16)18-13/h8-9,12,17H,5-7,10-11H2,1-4H3. The van der Waals surface area contributed by atoms with Crippen LogP contribution in [0.15, 0.2) is 15.9 Å². The van der Waals surface area contributed by atoms with Crippen molar-refractivity contribution in [2.75, 3.05) is 6.54 Å². The molecule has 104 valence electrons. The van der Waals surface area contributed by atoms with E-state index in [1.807, 2.05) is 11.3 Å². The molecule has 0 spiro atoms. The highest BCUT2D eigenvalue weighted by Gasteiger charge is 2.15. The van der Waals surface area contributed by atoms with E-state index in [2.05, 4.69) is 61.1 Å². The summed E-state index contributed by atoms with van der Waals surface area (Å²) in [6.45, 7) is 10.3. The average molecular weight is 332 g/mol. The van der Waals surface area contributed by atoms with Gasteiger partial charge < -0.3 is 5.32 Å². The molecular weight excluding hydrogens is 306 g/mol. The van der Waals surface area contributed by atoms with Crippen molar-refractivity contribution in [2.45, 2.75) is 59.4 Å². The van der Waals surface area contributed by atoms with Crippen molar-refractivity contribution in [3.8, 4) is 0 Å². The Hall–Kier alpha value is 0.140. The van der Waals surface area contributed by atoms with Crippen LogP contribution in [-0.4, -0.2) is 6.54 Å². The molecule has 0 saturated heterocycles. The second-order valence-corrected chi connectivity index (χ2v) is 8.60. The fraction of sp³-hybridized carbons (Fsp3) is 0.733. The molecule has 0 saturated carbocycles. The van der Waals surface area contributed by atoms with Crippen LogP contribution in [0.25, 0.3) is 0 Å². The zero-order valence-electron chi connectivity index (χ0n) is 12.1. The van der Waals surface area contributed by atoms with E-state index in [1.165, 1.54) is 34.3 Å². The molecule has 0 bridgehead atoms. The number of nitrogens with one attached hydrogen (secondary N) is 1. The van der Waals surface area contributed by atoms with Crippen LogP contribution in [0.4, 0.5) is 0 Å². The quantitative estimate of drug-likeness (QED) is 0.668. The highest BCUT2D eigenvalue weighted by molar-refractivity contribution is 9.11. The van der Waals surface area contributed by atoms with Crippen molar-refractivity contribution in [2.24, 2.45) is 5.41 Å². The second kappa shape index (κ2) is 7.66. The van der Waals surface area contributed by atoms with Gasteiger partial charge in [0.1, 0.15) is 0 Å². The van der Waals surface area contributed by atoms with Gasteiger partial charge in [0, 0.05) is 10.9 Å². The average Bonchev–Trinajstić information content (AvgIpc) is 2.68. The summed E-state index contributed by atoms with van der Waals surface area (Å²) < 4.78 is 1.23. The smallest absolute Gasteiger partial charge is 0.0701 e. The number of hydrogen-bond donors (Lipinski definition) is 1. The van der Waals surface area contributed by atoms with Crippen molar-refractivity contribution >= 4 is 27.3 Å². The first-order chi connectivity index (χ1) is 8.42. The summed E-state index contributed by atoms with van der Waals surface area (Å²) in [6.07, 6.45) is 5.02. The molecular formula is C15H26BrNS. The first-order valence-electron chi connectivity index (χ1n) is 6.91. The van der Waals surface area contributed by atoms with Crippen LogP contribution in [0.2, 0.25) is 0 Å². The molecule has 0 radical (unpaired) electrons. The van der Waals surface area contributed by atoms with Crippen LogP contribution in [0.1, 0.15) is 64.3 Å². The van der Waals surface area contributed by atoms with Gasteiger partial charge in [0.15, 0.2) is 0 Å². The number of halogens is 1. The van der Waals surface area contributed by atoms with Gasteiger partial charge in [-0.2, -0.15) is 0 Å². The molecule has 1 unspecified atom stereocenters. The Morgan fingerprint density at radius 3 is 2.56 bits per heavy atom. The molecule has 0 aliphatic rings. The van der Waals surface area contributed by atoms with E-state index in [4.69, 9.17) is 0 Å². The Bertz CT molecular complexity index is 341. The van der Waals surface area contributed by atoms with Crippen molar-refractivity contribution in [3.05, 3.63) is 20.8 Å². The summed E-state index contributed by atoms with van der Waals surface area (Å²) in [5.74, 6) is 0. The summed E-state index contributed by atoms with van der Waals surface area (Å²) in [5, 5.41) is 3.67. The molecule has 0 aliphatic heterocycles. The number of rotatable bonds is 7. The van der Waals surface area contributed by atoms with Gasteiger partial charge in [-0.1, -0.05) is 34.1 Å². The lowest BCUT2D eigenvalue weighted by Crippen LogP contribution is -2.21. The Morgan fingerprint density at radius 1 is 1.33 bits per heavy atom. The molecule has 0 amide bonds. The maximum atomic E-state index is 3.67. The lowest BCUT2D eigenvalue weighted by Gasteiger charge is -2.21. The number of hydrogen-bond acceptors (Lipinski definition) is 2. The molecule has 3 heteroatoms. The predicted octanol–water partition coefficient (Wildman–Crippen LogP) is 5.77. The lowest BCUT2D eigenvalue weighted by atomic mass is 9.89. The van der Waals surface area contributed by atoms with Crippen LogP contribution >= 0.6 is 27.3 Å². The summed E-state index contributed by atoms with van der Waals surface area (Å²) in [4.78, 5) is 1.46. The molecule has 0 aliphatic carbocycles. The van der Waals surface area contributed by atoms with Gasteiger partial charge in [-0.25, -0.2) is 0 Å². The lowest BCUT2D eigenvalue weighted by molar-refractivity contribution is 0.344. The second-order valence-electron chi connectivity index (χ2n) is 6.10. The Morgan fingerprint density at radius 2 is 2.06 bits per heavy atom. The highest BCUT2D eigenvalue weighted by Crippen LogP contribution is 2.31. The molecule has 1 nitrogen and oxygen atoms in total. The van der Waals surface area contributed by atoms with E-state index in [-0.39, 0.29) is 0 Å². The van der Waals surface area contributed by atoms with Gasteiger partial charge in [-0.3, -0.25) is 0 Å². The molecule has 1 aromatic rings. The van der Waals surface area contributed by atoms with E-state index in [0.29, 0.717) is 11.5 Å². The highest BCUT2D eigenvalue weighted by atomic mass is 79.9. The van der Waals surface area contributed by atoms with E-state index >= 15 is 0 Å². The van der Waals surface area contributed by atoms with E-state index in [9.17, 15) is 0 Å². The molecule has 1 heterocycles.